The molecule has 1 heterocycles. The lowest BCUT2D eigenvalue weighted by atomic mass is 9.90. The molecule has 4 heteroatoms. The van der Waals surface area contributed by atoms with Crippen LogP contribution >= 0.6 is 0 Å². The van der Waals surface area contributed by atoms with Crippen molar-refractivity contribution in [1.29, 1.82) is 0 Å². The van der Waals surface area contributed by atoms with E-state index in [-0.39, 0.29) is 30.4 Å². The van der Waals surface area contributed by atoms with Crippen LogP contribution < -0.4 is 4.90 Å². The predicted molar refractivity (Wildman–Crippen MR) is 65.7 cm³/mol. The van der Waals surface area contributed by atoms with Gasteiger partial charge in [0.2, 0.25) is 5.91 Å². The molecule has 0 aromatic heterocycles. The number of aryl methyl sites for hydroxylation is 1. The van der Waals surface area contributed by atoms with Gasteiger partial charge >= 0.3 is 0 Å². The van der Waals surface area contributed by atoms with Gasteiger partial charge in [0.15, 0.2) is 11.6 Å². The Morgan fingerprint density at radius 3 is 2.61 bits per heavy atom. The van der Waals surface area contributed by atoms with Gasteiger partial charge in [0, 0.05) is 17.7 Å². The number of fused-ring (bicyclic) bond motifs is 1. The second-order valence-electron chi connectivity index (χ2n) is 4.81. The molecule has 1 amide bonds. The van der Waals surface area contributed by atoms with Gasteiger partial charge in [0.1, 0.15) is 0 Å². The summed E-state index contributed by atoms with van der Waals surface area (Å²) < 4.78 is 0. The third-order valence-corrected chi connectivity index (χ3v) is 3.54. The Morgan fingerprint density at radius 1 is 1.06 bits per heavy atom. The van der Waals surface area contributed by atoms with Crippen LogP contribution in [0.5, 0.6) is 0 Å². The van der Waals surface area contributed by atoms with Crippen LogP contribution in [-0.2, 0) is 16.0 Å². The molecule has 1 saturated heterocycles. The minimum Gasteiger partial charge on any atom is -0.305 e. The first kappa shape index (κ1) is 11.1. The smallest absolute Gasteiger partial charge is 0.234 e. The lowest BCUT2D eigenvalue weighted by Crippen LogP contribution is -2.25. The van der Waals surface area contributed by atoms with Crippen molar-refractivity contribution in [2.24, 2.45) is 0 Å². The monoisotopic (exact) mass is 243 g/mol. The molecule has 2 aliphatic rings. The topological polar surface area (TPSA) is 54.5 Å². The molecule has 0 bridgehead atoms. The van der Waals surface area contributed by atoms with Gasteiger partial charge < -0.3 is 4.90 Å². The van der Waals surface area contributed by atoms with E-state index in [0.717, 1.165) is 18.4 Å². The molecule has 1 aliphatic heterocycles. The van der Waals surface area contributed by atoms with Gasteiger partial charge in [-0.1, -0.05) is 6.07 Å². The zero-order valence-electron chi connectivity index (χ0n) is 9.94. The fraction of sp³-hybridized carbons (Fsp3) is 0.357. The van der Waals surface area contributed by atoms with Crippen LogP contribution in [0, 0.1) is 0 Å². The first-order chi connectivity index (χ1) is 8.65. The highest BCUT2D eigenvalue weighted by atomic mass is 16.2. The fourth-order valence-electron chi connectivity index (χ4n) is 2.60. The minimum atomic E-state index is -0.178. The van der Waals surface area contributed by atoms with E-state index in [1.807, 2.05) is 12.1 Å². The van der Waals surface area contributed by atoms with Crippen molar-refractivity contribution in [3.8, 4) is 0 Å². The summed E-state index contributed by atoms with van der Waals surface area (Å²) in [5.74, 6) is -0.108. The molecular weight excluding hydrogens is 230 g/mol. The summed E-state index contributed by atoms with van der Waals surface area (Å²) in [7, 11) is 0. The fourth-order valence-corrected chi connectivity index (χ4v) is 2.60. The Morgan fingerprint density at radius 2 is 1.89 bits per heavy atom. The van der Waals surface area contributed by atoms with Crippen LogP contribution in [0.15, 0.2) is 18.2 Å². The summed E-state index contributed by atoms with van der Waals surface area (Å²) in [6.07, 6.45) is 2.36. The maximum Gasteiger partial charge on any atom is 0.234 e. The molecule has 0 radical (unpaired) electrons. The Balaban J connectivity index is 1.99. The molecule has 0 atom stereocenters. The molecule has 1 aromatic rings. The first-order valence-electron chi connectivity index (χ1n) is 6.13. The van der Waals surface area contributed by atoms with Crippen LogP contribution in [0.4, 0.5) is 5.69 Å². The summed E-state index contributed by atoms with van der Waals surface area (Å²) in [6.45, 7) is 0.131. The summed E-state index contributed by atoms with van der Waals surface area (Å²) in [5.41, 5.74) is 2.43. The molecule has 0 N–H and O–H groups in total. The normalized spacial score (nSPS) is 19.3. The average molecular weight is 243 g/mol. The number of hydrogen-bond donors (Lipinski definition) is 0. The van der Waals surface area contributed by atoms with E-state index in [0.29, 0.717) is 17.7 Å². The van der Waals surface area contributed by atoms with Gasteiger partial charge in [-0.3, -0.25) is 14.4 Å². The number of amides is 1. The van der Waals surface area contributed by atoms with Gasteiger partial charge in [0.25, 0.3) is 0 Å². The molecule has 3 rings (SSSR count). The standard InChI is InChI=1S/C14H13NO3/c16-11-7-14(18)15(8-11)10-5-4-9-2-1-3-13(17)12(9)6-10/h4-6H,1-3,7-8H2. The number of hydrogen-bond acceptors (Lipinski definition) is 3. The van der Waals surface area contributed by atoms with E-state index in [9.17, 15) is 14.4 Å². The zero-order chi connectivity index (χ0) is 12.7. The van der Waals surface area contributed by atoms with Crippen LogP contribution in [0.2, 0.25) is 0 Å². The van der Waals surface area contributed by atoms with Crippen LogP contribution in [0.25, 0.3) is 0 Å². The van der Waals surface area contributed by atoms with E-state index < -0.39 is 0 Å². The predicted octanol–water partition coefficient (Wildman–Crippen LogP) is 1.51. The second-order valence-corrected chi connectivity index (χ2v) is 4.81. The molecule has 0 saturated carbocycles. The Labute approximate surface area is 105 Å². The number of carbonyl (C=O) groups is 3. The molecular formula is C14H13NO3. The lowest BCUT2D eigenvalue weighted by molar-refractivity contribution is -0.121. The Hall–Kier alpha value is -1.97. The highest BCUT2D eigenvalue weighted by Crippen LogP contribution is 2.27. The highest BCUT2D eigenvalue weighted by Gasteiger charge is 2.29. The van der Waals surface area contributed by atoms with Gasteiger partial charge in [-0.15, -0.1) is 0 Å². The van der Waals surface area contributed by atoms with Crippen LogP contribution in [-0.4, -0.2) is 24.0 Å². The molecule has 18 heavy (non-hydrogen) atoms. The van der Waals surface area contributed by atoms with Crippen LogP contribution in [0.3, 0.4) is 0 Å². The largest absolute Gasteiger partial charge is 0.305 e. The number of carbonyl (C=O) groups excluding carboxylic acids is 3. The number of anilines is 1. The summed E-state index contributed by atoms with van der Waals surface area (Å²) in [6, 6.07) is 5.49. The van der Waals surface area contributed by atoms with E-state index in [2.05, 4.69) is 0 Å². The van der Waals surface area contributed by atoms with E-state index in [1.54, 1.807) is 6.07 Å². The van der Waals surface area contributed by atoms with Gasteiger partial charge in [-0.2, -0.15) is 0 Å². The third-order valence-electron chi connectivity index (χ3n) is 3.54. The van der Waals surface area contributed by atoms with Gasteiger partial charge in [-0.25, -0.2) is 0 Å². The number of Topliss-reactive ketones (excluding diaryl/α,β-unsaturated/α-hetero) is 2. The number of rotatable bonds is 1. The quantitative estimate of drug-likeness (QED) is 0.702. The second kappa shape index (κ2) is 4.05. The molecule has 1 fully saturated rings. The summed E-state index contributed by atoms with van der Waals surface area (Å²) in [4.78, 5) is 36.2. The maximum absolute atomic E-state index is 11.8. The van der Waals surface area contributed by atoms with Crippen molar-refractivity contribution in [2.75, 3.05) is 11.4 Å². The van der Waals surface area contributed by atoms with Gasteiger partial charge in [-0.05, 0) is 30.5 Å². The zero-order valence-corrected chi connectivity index (χ0v) is 9.94. The Kier molecular flexibility index (Phi) is 2.51. The van der Waals surface area contributed by atoms with Crippen molar-refractivity contribution in [2.45, 2.75) is 25.7 Å². The van der Waals surface area contributed by atoms with Crippen LogP contribution in [0.1, 0.15) is 35.2 Å². The lowest BCUT2D eigenvalue weighted by Gasteiger charge is -2.19. The highest BCUT2D eigenvalue weighted by molar-refractivity contribution is 6.15. The van der Waals surface area contributed by atoms with E-state index in [1.165, 1.54) is 4.90 Å². The minimum absolute atomic E-state index is 0.0228. The van der Waals surface area contributed by atoms with Crippen molar-refractivity contribution in [3.63, 3.8) is 0 Å². The summed E-state index contributed by atoms with van der Waals surface area (Å²) in [5, 5.41) is 0. The first-order valence-corrected chi connectivity index (χ1v) is 6.13. The molecule has 92 valence electrons. The molecule has 4 nitrogen and oxygen atoms in total. The van der Waals surface area contributed by atoms with Crippen molar-refractivity contribution < 1.29 is 14.4 Å². The van der Waals surface area contributed by atoms with Crippen molar-refractivity contribution >= 4 is 23.2 Å². The summed E-state index contributed by atoms with van der Waals surface area (Å²) >= 11 is 0. The maximum atomic E-state index is 11.8. The molecule has 1 aliphatic carbocycles. The van der Waals surface area contributed by atoms with Crippen molar-refractivity contribution in [1.82, 2.24) is 0 Å². The average Bonchev–Trinajstić information content (AvgIpc) is 2.69. The number of nitrogens with zero attached hydrogens (tertiary/aromatic N) is 1. The van der Waals surface area contributed by atoms with Gasteiger partial charge in [0.05, 0.1) is 13.0 Å². The molecule has 1 aromatic carbocycles. The van der Waals surface area contributed by atoms with E-state index >= 15 is 0 Å². The van der Waals surface area contributed by atoms with E-state index in [4.69, 9.17) is 0 Å². The number of ketones is 2. The molecule has 0 spiro atoms. The third kappa shape index (κ3) is 1.74. The molecule has 0 unspecified atom stereocenters. The Bertz CT molecular complexity index is 562. The number of benzene rings is 1. The SMILES string of the molecule is O=C1CC(=O)N(c2ccc3c(c2)C(=O)CCC3)C1. The van der Waals surface area contributed by atoms with Crippen molar-refractivity contribution in [3.05, 3.63) is 29.3 Å².